The zero-order chi connectivity index (χ0) is 7.66. The van der Waals surface area contributed by atoms with Crippen molar-refractivity contribution in [3.63, 3.8) is 0 Å². The standard InChI is InChI=1S/C8H20N2.HI.Na.H/c9-7-5-3-1-2-4-6-8-10;;;/h1-10H2;1H;;/q;;+1;-1. The summed E-state index contributed by atoms with van der Waals surface area (Å²) in [5, 5.41) is 0. The third-order valence-corrected chi connectivity index (χ3v) is 1.66. The van der Waals surface area contributed by atoms with Crippen LogP contribution >= 0.6 is 24.0 Å². The van der Waals surface area contributed by atoms with Gasteiger partial charge in [0.15, 0.2) is 0 Å². The Morgan fingerprint density at radius 3 is 1.17 bits per heavy atom. The van der Waals surface area contributed by atoms with Gasteiger partial charge in [0, 0.05) is 0 Å². The number of halogens is 1. The summed E-state index contributed by atoms with van der Waals surface area (Å²) in [6, 6.07) is 0. The predicted octanol–water partition coefficient (Wildman–Crippen LogP) is -1.02. The summed E-state index contributed by atoms with van der Waals surface area (Å²) in [6.07, 6.45) is 7.61. The number of hydrogen-bond donors (Lipinski definition) is 2. The molecule has 2 nitrogen and oxygen atoms in total. The van der Waals surface area contributed by atoms with E-state index in [0.717, 1.165) is 13.1 Å². The van der Waals surface area contributed by atoms with Crippen LogP contribution in [0.25, 0.3) is 0 Å². The molecule has 0 fully saturated rings. The van der Waals surface area contributed by atoms with Gasteiger partial charge in [0.2, 0.25) is 0 Å². The Labute approximate surface area is 117 Å². The molecule has 0 bridgehead atoms. The van der Waals surface area contributed by atoms with Gasteiger partial charge in [-0.25, -0.2) is 0 Å². The summed E-state index contributed by atoms with van der Waals surface area (Å²) in [5.74, 6) is 0. The zero-order valence-corrected chi connectivity index (χ0v) is 12.6. The molecule has 0 rings (SSSR count). The van der Waals surface area contributed by atoms with Crippen molar-refractivity contribution in [2.24, 2.45) is 11.5 Å². The Bertz CT molecular complexity index is 62.1. The van der Waals surface area contributed by atoms with Gasteiger partial charge in [0.05, 0.1) is 0 Å². The predicted molar refractivity (Wildman–Crippen MR) is 62.3 cm³/mol. The SMILES string of the molecule is I.NCCCCCCCCN.[H-].[Na+]. The van der Waals surface area contributed by atoms with Crippen molar-refractivity contribution in [1.82, 2.24) is 0 Å². The Hall–Kier alpha value is 1.65. The topological polar surface area (TPSA) is 52.0 Å². The zero-order valence-electron chi connectivity index (χ0n) is 9.22. The van der Waals surface area contributed by atoms with Gasteiger partial charge in [-0.15, -0.1) is 24.0 Å². The van der Waals surface area contributed by atoms with Crippen molar-refractivity contribution in [2.75, 3.05) is 13.1 Å². The van der Waals surface area contributed by atoms with E-state index >= 15 is 0 Å². The van der Waals surface area contributed by atoms with Crippen molar-refractivity contribution in [3.05, 3.63) is 0 Å². The normalized spacial score (nSPS) is 8.50. The molecule has 0 atom stereocenters. The van der Waals surface area contributed by atoms with E-state index in [-0.39, 0.29) is 55.0 Å². The third-order valence-electron chi connectivity index (χ3n) is 1.66. The second-order valence-electron chi connectivity index (χ2n) is 2.70. The van der Waals surface area contributed by atoms with E-state index in [4.69, 9.17) is 11.5 Å². The average Bonchev–Trinajstić information content (AvgIpc) is 1.97. The van der Waals surface area contributed by atoms with Crippen molar-refractivity contribution >= 4 is 24.0 Å². The molecule has 0 saturated carbocycles. The van der Waals surface area contributed by atoms with Gasteiger partial charge in [0.25, 0.3) is 0 Å². The molecule has 0 aliphatic carbocycles. The van der Waals surface area contributed by atoms with Crippen molar-refractivity contribution in [3.8, 4) is 0 Å². The van der Waals surface area contributed by atoms with E-state index in [1.807, 2.05) is 0 Å². The van der Waals surface area contributed by atoms with Gasteiger partial charge in [-0.3, -0.25) is 0 Å². The smallest absolute Gasteiger partial charge is 1.00 e. The summed E-state index contributed by atoms with van der Waals surface area (Å²) in [6.45, 7) is 1.69. The van der Waals surface area contributed by atoms with Crippen LogP contribution in [0.15, 0.2) is 0 Å². The Morgan fingerprint density at radius 1 is 0.667 bits per heavy atom. The van der Waals surface area contributed by atoms with Gasteiger partial charge in [-0.05, 0) is 25.9 Å². The van der Waals surface area contributed by atoms with Crippen LogP contribution in [0, 0.1) is 0 Å². The summed E-state index contributed by atoms with van der Waals surface area (Å²) >= 11 is 0. The van der Waals surface area contributed by atoms with Crippen molar-refractivity contribution in [1.29, 1.82) is 0 Å². The van der Waals surface area contributed by atoms with Crippen LogP contribution in [0.5, 0.6) is 0 Å². The van der Waals surface area contributed by atoms with Gasteiger partial charge in [0.1, 0.15) is 0 Å². The molecule has 0 aromatic rings. The van der Waals surface area contributed by atoms with Crippen LogP contribution in [-0.4, -0.2) is 13.1 Å². The number of rotatable bonds is 7. The van der Waals surface area contributed by atoms with Crippen molar-refractivity contribution < 1.29 is 31.0 Å². The molecule has 0 radical (unpaired) electrons. The summed E-state index contributed by atoms with van der Waals surface area (Å²) in [7, 11) is 0. The fourth-order valence-corrected chi connectivity index (χ4v) is 0.996. The molecule has 0 aliphatic heterocycles. The van der Waals surface area contributed by atoms with E-state index in [2.05, 4.69) is 0 Å². The molecule has 0 saturated heterocycles. The Morgan fingerprint density at radius 2 is 0.917 bits per heavy atom. The number of hydrogen-bond acceptors (Lipinski definition) is 2. The van der Waals surface area contributed by atoms with E-state index in [9.17, 15) is 0 Å². The maximum absolute atomic E-state index is 5.35. The first-order valence-corrected chi connectivity index (χ1v) is 4.32. The minimum absolute atomic E-state index is 0. The molecule has 0 aromatic heterocycles. The van der Waals surface area contributed by atoms with E-state index in [1.165, 1.54) is 38.5 Å². The van der Waals surface area contributed by atoms with Gasteiger partial charge >= 0.3 is 29.6 Å². The quantitative estimate of drug-likeness (QED) is 0.359. The first-order chi connectivity index (χ1) is 4.91. The monoisotopic (exact) mass is 296 g/mol. The van der Waals surface area contributed by atoms with Gasteiger partial charge in [-0.1, -0.05) is 25.7 Å². The van der Waals surface area contributed by atoms with Gasteiger partial charge in [-0.2, -0.15) is 0 Å². The molecule has 0 spiro atoms. The number of nitrogens with two attached hydrogens (primary N) is 2. The van der Waals surface area contributed by atoms with Crippen LogP contribution in [0.3, 0.4) is 0 Å². The fraction of sp³-hybridized carbons (Fsp3) is 1.00. The van der Waals surface area contributed by atoms with E-state index < -0.39 is 0 Å². The van der Waals surface area contributed by atoms with Crippen molar-refractivity contribution in [2.45, 2.75) is 38.5 Å². The molecule has 0 unspecified atom stereocenters. The van der Waals surface area contributed by atoms with Crippen LogP contribution in [0.1, 0.15) is 40.0 Å². The molecule has 0 aliphatic rings. The average molecular weight is 296 g/mol. The first kappa shape index (κ1) is 19.3. The second kappa shape index (κ2) is 18.4. The molecule has 0 heterocycles. The number of unbranched alkanes of at least 4 members (excludes halogenated alkanes) is 5. The van der Waals surface area contributed by atoms with E-state index in [1.54, 1.807) is 0 Å². The summed E-state index contributed by atoms with van der Waals surface area (Å²) < 4.78 is 0. The molecular weight excluding hydrogens is 274 g/mol. The second-order valence-corrected chi connectivity index (χ2v) is 2.70. The largest absolute Gasteiger partial charge is 1.00 e. The summed E-state index contributed by atoms with van der Waals surface area (Å²) in [4.78, 5) is 0. The molecule has 12 heavy (non-hydrogen) atoms. The molecule has 0 aromatic carbocycles. The van der Waals surface area contributed by atoms with Crippen LogP contribution in [-0.2, 0) is 0 Å². The molecule has 4 heteroatoms. The van der Waals surface area contributed by atoms with Crippen LogP contribution in [0.4, 0.5) is 0 Å². The maximum Gasteiger partial charge on any atom is 1.00 e. The molecule has 4 N–H and O–H groups in total. The Kier molecular flexibility index (Phi) is 29.6. The fourth-order valence-electron chi connectivity index (χ4n) is 0.996. The minimum atomic E-state index is 0. The molecule has 72 valence electrons. The van der Waals surface area contributed by atoms with Crippen LogP contribution < -0.4 is 41.0 Å². The van der Waals surface area contributed by atoms with E-state index in [0.29, 0.717) is 0 Å². The molecular formula is C8H22IN2Na. The minimum Gasteiger partial charge on any atom is -1.00 e. The summed E-state index contributed by atoms with van der Waals surface area (Å²) in [5.41, 5.74) is 10.7. The maximum atomic E-state index is 5.35. The molecule has 0 amide bonds. The van der Waals surface area contributed by atoms with Gasteiger partial charge < -0.3 is 12.9 Å². The Balaban J connectivity index is -0.000000135. The third kappa shape index (κ3) is 17.7. The van der Waals surface area contributed by atoms with Crippen LogP contribution in [0.2, 0.25) is 0 Å². The first-order valence-electron chi connectivity index (χ1n) is 4.32.